The van der Waals surface area contributed by atoms with Crippen LogP contribution < -0.4 is 5.32 Å². The van der Waals surface area contributed by atoms with Gasteiger partial charge < -0.3 is 15.2 Å². The molecule has 180 valence electrons. The molecule has 0 spiro atoms. The molecule has 3 heterocycles. The first-order valence-electron chi connectivity index (χ1n) is 10.1. The van der Waals surface area contributed by atoms with Gasteiger partial charge in [0.1, 0.15) is 6.07 Å². The van der Waals surface area contributed by atoms with E-state index in [0.717, 1.165) is 16.9 Å². The largest absolute Gasteiger partial charge is 0.435 e. The van der Waals surface area contributed by atoms with Gasteiger partial charge in [-0.3, -0.25) is 9.48 Å². The number of aliphatic hydroxyl groups excluding tert-OH is 1. The molecule has 1 aromatic carbocycles. The summed E-state index contributed by atoms with van der Waals surface area (Å²) in [6, 6.07) is 3.89. The Balaban J connectivity index is 1.58. The van der Waals surface area contributed by atoms with Gasteiger partial charge in [-0.2, -0.15) is 36.7 Å². The number of nitrogens with one attached hydrogen (secondary N) is 1. The topological polar surface area (TPSA) is 100 Å². The van der Waals surface area contributed by atoms with Crippen molar-refractivity contribution in [2.24, 2.45) is 12.5 Å². The molecule has 0 radical (unpaired) electrons. The van der Waals surface area contributed by atoms with E-state index in [9.17, 15) is 41.5 Å². The van der Waals surface area contributed by atoms with Crippen LogP contribution in [0.3, 0.4) is 0 Å². The van der Waals surface area contributed by atoms with Crippen molar-refractivity contribution in [1.82, 2.24) is 9.78 Å². The number of aryl methyl sites for hydroxylation is 1. The van der Waals surface area contributed by atoms with E-state index in [1.807, 2.05) is 0 Å². The summed E-state index contributed by atoms with van der Waals surface area (Å²) >= 11 is 0. The zero-order chi connectivity index (χ0) is 24.8. The fourth-order valence-corrected chi connectivity index (χ4v) is 5.68. The van der Waals surface area contributed by atoms with Crippen molar-refractivity contribution in [2.75, 3.05) is 5.32 Å². The number of ether oxygens (including phenoxy) is 1. The van der Waals surface area contributed by atoms with E-state index in [1.165, 1.54) is 7.05 Å². The zero-order valence-electron chi connectivity index (χ0n) is 17.3. The molecular formula is C21H16F6N4O3. The third-order valence-electron chi connectivity index (χ3n) is 7.08. The fourth-order valence-electron chi connectivity index (χ4n) is 5.68. The number of fused-ring (bicyclic) bond motifs is 5. The van der Waals surface area contributed by atoms with Gasteiger partial charge in [0.2, 0.25) is 5.91 Å². The lowest BCUT2D eigenvalue weighted by Crippen LogP contribution is -2.45. The number of alkyl halides is 6. The second kappa shape index (κ2) is 6.73. The summed E-state index contributed by atoms with van der Waals surface area (Å²) in [6.45, 7) is 0. The Kier molecular flexibility index (Phi) is 4.49. The summed E-state index contributed by atoms with van der Waals surface area (Å²) in [6.07, 6.45) is -11.8. The van der Waals surface area contributed by atoms with Gasteiger partial charge >= 0.3 is 12.4 Å². The Bertz CT molecular complexity index is 1250. The van der Waals surface area contributed by atoms with Gasteiger partial charge in [-0.05, 0) is 24.6 Å². The first-order chi connectivity index (χ1) is 15.8. The smallest absolute Gasteiger partial charge is 0.390 e. The Morgan fingerprint density at radius 1 is 1.29 bits per heavy atom. The van der Waals surface area contributed by atoms with Crippen molar-refractivity contribution in [3.63, 3.8) is 0 Å². The molecule has 1 amide bonds. The van der Waals surface area contributed by atoms with Gasteiger partial charge in [0, 0.05) is 30.6 Å². The Hall–Kier alpha value is -3.11. The minimum Gasteiger partial charge on any atom is -0.390 e. The number of aliphatic hydroxyl groups is 1. The van der Waals surface area contributed by atoms with Gasteiger partial charge in [-0.25, -0.2) is 0 Å². The summed E-state index contributed by atoms with van der Waals surface area (Å²) < 4.78 is 87.4. The summed E-state index contributed by atoms with van der Waals surface area (Å²) in [5, 5.41) is 25.5. The van der Waals surface area contributed by atoms with Crippen LogP contribution in [0.2, 0.25) is 0 Å². The summed E-state index contributed by atoms with van der Waals surface area (Å²) in [5.74, 6) is -0.875. The van der Waals surface area contributed by atoms with Gasteiger partial charge in [0.25, 0.3) is 0 Å². The SMILES string of the molecule is Cn1cc([C@@]23C[C@]2(C(=O)Nc2cc(C(F)(F)F)ccc2C#N)[C@H]2C[C@H](O)[C@@H]3O2)c(C(F)(F)F)n1. The fraction of sp³-hybridized carbons (Fsp3) is 0.476. The van der Waals surface area contributed by atoms with Crippen molar-refractivity contribution >= 4 is 11.6 Å². The predicted octanol–water partition coefficient (Wildman–Crippen LogP) is 3.13. The van der Waals surface area contributed by atoms with E-state index in [-0.39, 0.29) is 24.0 Å². The van der Waals surface area contributed by atoms with Crippen LogP contribution in [0.15, 0.2) is 24.4 Å². The number of benzene rings is 1. The number of rotatable bonds is 3. The third kappa shape index (κ3) is 2.84. The number of anilines is 1. The van der Waals surface area contributed by atoms with Crippen LogP contribution in [0.1, 0.15) is 35.2 Å². The van der Waals surface area contributed by atoms with E-state index in [0.29, 0.717) is 12.1 Å². The molecule has 1 saturated carbocycles. The van der Waals surface area contributed by atoms with Gasteiger partial charge in [0.15, 0.2) is 5.69 Å². The molecular weight excluding hydrogens is 470 g/mol. The van der Waals surface area contributed by atoms with Gasteiger partial charge in [-0.15, -0.1) is 0 Å². The van der Waals surface area contributed by atoms with Gasteiger partial charge in [0.05, 0.1) is 40.5 Å². The molecule has 2 aliphatic heterocycles. The van der Waals surface area contributed by atoms with E-state index in [1.54, 1.807) is 6.07 Å². The molecule has 7 nitrogen and oxygen atoms in total. The molecule has 2 aromatic rings. The molecule has 1 aromatic heterocycles. The van der Waals surface area contributed by atoms with Crippen LogP contribution in [-0.4, -0.2) is 39.1 Å². The Morgan fingerprint density at radius 3 is 2.62 bits per heavy atom. The molecule has 5 atom stereocenters. The van der Waals surface area contributed by atoms with Crippen molar-refractivity contribution in [2.45, 2.75) is 48.9 Å². The highest BCUT2D eigenvalue weighted by Crippen LogP contribution is 2.78. The minimum absolute atomic E-state index is 0.0187. The van der Waals surface area contributed by atoms with Crippen LogP contribution in [0.25, 0.3) is 0 Å². The molecule has 13 heteroatoms. The number of nitriles is 1. The van der Waals surface area contributed by atoms with Crippen LogP contribution >= 0.6 is 0 Å². The van der Waals surface area contributed by atoms with Crippen molar-refractivity contribution < 1.29 is 41.0 Å². The number of amides is 1. The van der Waals surface area contributed by atoms with E-state index >= 15 is 0 Å². The average Bonchev–Trinajstić information content (AvgIpc) is 2.95. The summed E-state index contributed by atoms with van der Waals surface area (Å²) in [5.41, 5.74) is -6.42. The molecule has 2 bridgehead atoms. The summed E-state index contributed by atoms with van der Waals surface area (Å²) in [7, 11) is 1.28. The first kappa shape index (κ1) is 22.7. The summed E-state index contributed by atoms with van der Waals surface area (Å²) in [4.78, 5) is 13.5. The van der Waals surface area contributed by atoms with Crippen molar-refractivity contribution in [1.29, 1.82) is 5.26 Å². The lowest BCUT2D eigenvalue weighted by atomic mass is 9.73. The standard InChI is InChI=1S/C21H16F6N4O3/c1-31-7-11(15(30-31)21(25,26)27)18-8-19(18,14-5-13(32)16(18)34-14)17(33)29-12-4-10(20(22,23)24)3-2-9(12)6-28/h2-4,7,13-14,16,32H,5,8H2,1H3,(H,29,33)/t13-,14+,16-,18+,19+/m0/s1. The number of nitrogens with zero attached hydrogens (tertiary/aromatic N) is 3. The molecule has 3 fully saturated rings. The van der Waals surface area contributed by atoms with Crippen LogP contribution in [0, 0.1) is 16.7 Å². The van der Waals surface area contributed by atoms with Crippen molar-refractivity contribution in [3.05, 3.63) is 46.8 Å². The molecule has 5 rings (SSSR count). The van der Waals surface area contributed by atoms with E-state index in [4.69, 9.17) is 4.74 Å². The number of carbonyl (C=O) groups excluding carboxylic acids is 1. The van der Waals surface area contributed by atoms with Crippen molar-refractivity contribution in [3.8, 4) is 6.07 Å². The monoisotopic (exact) mass is 486 g/mol. The average molecular weight is 486 g/mol. The number of hydrogen-bond acceptors (Lipinski definition) is 5. The number of carbonyl (C=O) groups is 1. The van der Waals surface area contributed by atoms with Gasteiger partial charge in [-0.1, -0.05) is 0 Å². The number of hydrogen-bond donors (Lipinski definition) is 2. The maximum atomic E-state index is 13.7. The maximum Gasteiger partial charge on any atom is 0.435 e. The second-order valence-corrected chi connectivity index (χ2v) is 8.85. The van der Waals surface area contributed by atoms with E-state index in [2.05, 4.69) is 10.4 Å². The molecule has 1 aliphatic carbocycles. The first-order valence-corrected chi connectivity index (χ1v) is 10.1. The maximum absolute atomic E-state index is 13.7. The molecule has 34 heavy (non-hydrogen) atoms. The van der Waals surface area contributed by atoms with Crippen LogP contribution in [0.4, 0.5) is 32.0 Å². The quantitative estimate of drug-likeness (QED) is 0.650. The lowest BCUT2D eigenvalue weighted by molar-refractivity contribution is -0.143. The van der Waals surface area contributed by atoms with Crippen LogP contribution in [0.5, 0.6) is 0 Å². The highest BCUT2D eigenvalue weighted by molar-refractivity contribution is 6.02. The predicted molar refractivity (Wildman–Crippen MR) is 101 cm³/mol. The lowest BCUT2D eigenvalue weighted by Gasteiger charge is -2.29. The molecule has 2 N–H and O–H groups in total. The Morgan fingerprint density at radius 2 is 2.00 bits per heavy atom. The molecule has 0 unspecified atom stereocenters. The number of halogens is 6. The normalized spacial score (nSPS) is 31.8. The number of aromatic nitrogens is 2. The third-order valence-corrected chi connectivity index (χ3v) is 7.08. The Labute approximate surface area is 187 Å². The molecule has 3 aliphatic rings. The highest BCUT2D eigenvalue weighted by atomic mass is 19.4. The highest BCUT2D eigenvalue weighted by Gasteiger charge is 2.88. The van der Waals surface area contributed by atoms with Crippen LogP contribution in [-0.2, 0) is 34.3 Å². The zero-order valence-corrected chi connectivity index (χ0v) is 17.3. The minimum atomic E-state index is -4.85. The van der Waals surface area contributed by atoms with E-state index < -0.39 is 64.3 Å². The second-order valence-electron chi connectivity index (χ2n) is 8.85. The molecule has 2 saturated heterocycles.